The van der Waals surface area contributed by atoms with E-state index in [1.54, 1.807) is 11.0 Å². The fraction of sp³-hybridized carbons (Fsp3) is 0.444. The minimum Gasteiger partial charge on any atom is -0.493 e. The summed E-state index contributed by atoms with van der Waals surface area (Å²) in [5, 5.41) is 23.1. The average molecular weight is 345 g/mol. The van der Waals surface area contributed by atoms with Gasteiger partial charge in [0.25, 0.3) is 0 Å². The second-order valence-corrected chi connectivity index (χ2v) is 6.06. The lowest BCUT2D eigenvalue weighted by molar-refractivity contribution is -0.132. The molecule has 0 fully saturated rings. The number of ether oxygens (including phenoxy) is 1. The molecule has 1 atom stereocenters. The number of carbonyl (C=O) groups excluding carboxylic acids is 1. The van der Waals surface area contributed by atoms with Gasteiger partial charge < -0.3 is 19.8 Å². The minimum atomic E-state index is -0.983. The first-order valence-electron chi connectivity index (χ1n) is 8.48. The van der Waals surface area contributed by atoms with Crippen LogP contribution in [-0.2, 0) is 17.9 Å². The van der Waals surface area contributed by atoms with Gasteiger partial charge in [0.1, 0.15) is 11.9 Å². The Hall–Kier alpha value is -2.38. The summed E-state index contributed by atoms with van der Waals surface area (Å²) >= 11 is 0. The van der Waals surface area contributed by atoms with E-state index in [0.29, 0.717) is 38.4 Å². The molecule has 0 saturated heterocycles. The molecule has 2 aromatic rings. The summed E-state index contributed by atoms with van der Waals surface area (Å²) in [7, 11) is 0. The third kappa shape index (κ3) is 4.37. The van der Waals surface area contributed by atoms with Crippen molar-refractivity contribution in [3.8, 4) is 5.75 Å². The molecule has 0 bridgehead atoms. The first kappa shape index (κ1) is 17.4. The molecular weight excluding hydrogens is 322 g/mol. The summed E-state index contributed by atoms with van der Waals surface area (Å²) in [6, 6.07) is 11.2. The quantitative estimate of drug-likeness (QED) is 0.819. The van der Waals surface area contributed by atoms with E-state index in [2.05, 4.69) is 5.10 Å². The van der Waals surface area contributed by atoms with Crippen LogP contribution in [-0.4, -0.2) is 50.6 Å². The number of carbonyl (C=O) groups is 1. The van der Waals surface area contributed by atoms with Crippen molar-refractivity contribution >= 4 is 5.91 Å². The van der Waals surface area contributed by atoms with Crippen LogP contribution in [0.2, 0.25) is 0 Å². The smallest absolute Gasteiger partial charge is 0.226 e. The van der Waals surface area contributed by atoms with Gasteiger partial charge in [0.2, 0.25) is 5.91 Å². The standard InChI is InChI=1S/C18H23N3O4/c22-13-17(23)16-11-14-12-20(8-4-9-21(14)19-16)18(24)7-10-25-15-5-2-1-3-6-15/h1-3,5-6,11,17,22-23H,4,7-10,12-13H2/t17-/m0/s1. The fourth-order valence-electron chi connectivity index (χ4n) is 2.88. The SMILES string of the molecule is O=C(CCOc1ccccc1)N1CCCn2nc([C@@H](O)CO)cc2C1. The van der Waals surface area contributed by atoms with Gasteiger partial charge in [-0.25, -0.2) is 0 Å². The Morgan fingerprint density at radius 2 is 2.08 bits per heavy atom. The van der Waals surface area contributed by atoms with Crippen LogP contribution in [0.1, 0.15) is 30.3 Å². The molecule has 134 valence electrons. The third-order valence-electron chi connectivity index (χ3n) is 4.23. The van der Waals surface area contributed by atoms with E-state index < -0.39 is 6.10 Å². The second-order valence-electron chi connectivity index (χ2n) is 6.06. The zero-order valence-corrected chi connectivity index (χ0v) is 14.0. The van der Waals surface area contributed by atoms with Crippen LogP contribution >= 0.6 is 0 Å². The van der Waals surface area contributed by atoms with Crippen molar-refractivity contribution in [3.63, 3.8) is 0 Å². The maximum atomic E-state index is 12.5. The number of fused-ring (bicyclic) bond motifs is 1. The summed E-state index contributed by atoms with van der Waals surface area (Å²) in [6.45, 7) is 1.79. The first-order chi connectivity index (χ1) is 12.2. The first-order valence-corrected chi connectivity index (χ1v) is 8.48. The van der Waals surface area contributed by atoms with E-state index in [1.165, 1.54) is 0 Å². The number of hydrogen-bond donors (Lipinski definition) is 2. The second kappa shape index (κ2) is 8.13. The highest BCUT2D eigenvalue weighted by atomic mass is 16.5. The van der Waals surface area contributed by atoms with E-state index in [1.807, 2.05) is 35.0 Å². The zero-order valence-electron chi connectivity index (χ0n) is 14.0. The van der Waals surface area contributed by atoms with Crippen molar-refractivity contribution in [2.24, 2.45) is 0 Å². The van der Waals surface area contributed by atoms with Gasteiger partial charge in [0.15, 0.2) is 0 Å². The molecular formula is C18H23N3O4. The average Bonchev–Trinajstić information content (AvgIpc) is 2.93. The Morgan fingerprint density at radius 3 is 2.84 bits per heavy atom. The van der Waals surface area contributed by atoms with Gasteiger partial charge in [-0.3, -0.25) is 9.48 Å². The molecule has 0 saturated carbocycles. The lowest BCUT2D eigenvalue weighted by atomic mass is 10.2. The van der Waals surface area contributed by atoms with E-state index in [0.717, 1.165) is 17.9 Å². The highest BCUT2D eigenvalue weighted by Gasteiger charge is 2.22. The number of aromatic nitrogens is 2. The predicted molar refractivity (Wildman–Crippen MR) is 90.9 cm³/mol. The highest BCUT2D eigenvalue weighted by Crippen LogP contribution is 2.18. The normalized spacial score (nSPS) is 15.4. The molecule has 3 rings (SSSR count). The number of rotatable bonds is 6. The molecule has 1 aliphatic rings. The van der Waals surface area contributed by atoms with Gasteiger partial charge >= 0.3 is 0 Å². The number of aryl methyl sites for hydroxylation is 1. The number of nitrogens with zero attached hydrogens (tertiary/aromatic N) is 3. The Labute approximate surface area is 146 Å². The Balaban J connectivity index is 1.57. The Bertz CT molecular complexity index is 702. The molecule has 7 heteroatoms. The van der Waals surface area contributed by atoms with Gasteiger partial charge in [-0.2, -0.15) is 5.10 Å². The van der Waals surface area contributed by atoms with Crippen LogP contribution in [0.25, 0.3) is 0 Å². The van der Waals surface area contributed by atoms with Gasteiger partial charge in [-0.1, -0.05) is 18.2 Å². The zero-order chi connectivity index (χ0) is 17.6. The maximum absolute atomic E-state index is 12.5. The maximum Gasteiger partial charge on any atom is 0.226 e. The number of aliphatic hydroxyl groups excluding tert-OH is 2. The molecule has 2 N–H and O–H groups in total. The number of amides is 1. The summed E-state index contributed by atoms with van der Waals surface area (Å²) in [6.07, 6.45) is 0.131. The number of para-hydroxylation sites is 1. The monoisotopic (exact) mass is 345 g/mol. The molecule has 1 aliphatic heterocycles. The largest absolute Gasteiger partial charge is 0.493 e. The van der Waals surface area contributed by atoms with Crippen LogP contribution in [0.3, 0.4) is 0 Å². The lowest BCUT2D eigenvalue weighted by Crippen LogP contribution is -2.31. The predicted octanol–water partition coefficient (Wildman–Crippen LogP) is 1.11. The van der Waals surface area contributed by atoms with Crippen molar-refractivity contribution in [2.75, 3.05) is 19.8 Å². The summed E-state index contributed by atoms with van der Waals surface area (Å²) in [5.41, 5.74) is 1.32. The molecule has 0 unspecified atom stereocenters. The molecule has 1 aromatic carbocycles. The van der Waals surface area contributed by atoms with Crippen LogP contribution in [0, 0.1) is 0 Å². The summed E-state index contributed by atoms with van der Waals surface area (Å²) < 4.78 is 7.40. The molecule has 2 heterocycles. The Kier molecular flexibility index (Phi) is 5.67. The van der Waals surface area contributed by atoms with Crippen molar-refractivity contribution in [1.82, 2.24) is 14.7 Å². The van der Waals surface area contributed by atoms with E-state index >= 15 is 0 Å². The van der Waals surface area contributed by atoms with Gasteiger partial charge in [0, 0.05) is 13.1 Å². The molecule has 7 nitrogen and oxygen atoms in total. The fourth-order valence-corrected chi connectivity index (χ4v) is 2.88. The van der Waals surface area contributed by atoms with Crippen LogP contribution < -0.4 is 4.74 Å². The van der Waals surface area contributed by atoms with E-state index in [-0.39, 0.29) is 12.5 Å². The molecule has 0 aliphatic carbocycles. The van der Waals surface area contributed by atoms with Crippen molar-refractivity contribution in [1.29, 1.82) is 0 Å². The molecule has 0 spiro atoms. The minimum absolute atomic E-state index is 0.0369. The topological polar surface area (TPSA) is 87.8 Å². The van der Waals surface area contributed by atoms with Gasteiger partial charge in [-0.05, 0) is 24.6 Å². The number of hydrogen-bond acceptors (Lipinski definition) is 5. The van der Waals surface area contributed by atoms with Crippen molar-refractivity contribution < 1.29 is 19.7 Å². The lowest BCUT2D eigenvalue weighted by Gasteiger charge is -2.20. The van der Waals surface area contributed by atoms with E-state index in [9.17, 15) is 9.90 Å². The van der Waals surface area contributed by atoms with Crippen molar-refractivity contribution in [3.05, 3.63) is 47.8 Å². The Morgan fingerprint density at radius 1 is 1.28 bits per heavy atom. The third-order valence-corrected chi connectivity index (χ3v) is 4.23. The molecule has 25 heavy (non-hydrogen) atoms. The summed E-state index contributed by atoms with van der Waals surface area (Å²) in [5.74, 6) is 0.793. The van der Waals surface area contributed by atoms with Crippen LogP contribution in [0.15, 0.2) is 36.4 Å². The van der Waals surface area contributed by atoms with Gasteiger partial charge in [0.05, 0.1) is 37.6 Å². The highest BCUT2D eigenvalue weighted by molar-refractivity contribution is 5.76. The molecule has 1 amide bonds. The molecule has 0 radical (unpaired) electrons. The van der Waals surface area contributed by atoms with Crippen molar-refractivity contribution in [2.45, 2.75) is 32.0 Å². The van der Waals surface area contributed by atoms with Gasteiger partial charge in [-0.15, -0.1) is 0 Å². The van der Waals surface area contributed by atoms with E-state index in [4.69, 9.17) is 9.84 Å². The number of aliphatic hydroxyl groups is 2. The summed E-state index contributed by atoms with van der Waals surface area (Å²) in [4.78, 5) is 14.3. The van der Waals surface area contributed by atoms with Crippen LogP contribution in [0.5, 0.6) is 5.75 Å². The number of benzene rings is 1. The molecule has 1 aromatic heterocycles. The van der Waals surface area contributed by atoms with Crippen LogP contribution in [0.4, 0.5) is 0 Å².